The summed E-state index contributed by atoms with van der Waals surface area (Å²) in [5, 5.41) is 29.4. The first kappa shape index (κ1) is 13.2. The number of aliphatic hydroxyl groups is 3. The zero-order valence-corrected chi connectivity index (χ0v) is 10.5. The second-order valence-electron chi connectivity index (χ2n) is 4.77. The van der Waals surface area contributed by atoms with Crippen molar-refractivity contribution in [2.75, 3.05) is 0 Å². The molecular weight excluding hydrogens is 268 g/mol. The lowest BCUT2D eigenvalue weighted by molar-refractivity contribution is -0.0776. The van der Waals surface area contributed by atoms with Gasteiger partial charge in [-0.2, -0.15) is 0 Å². The summed E-state index contributed by atoms with van der Waals surface area (Å²) in [5.74, 6) is 0. The van der Waals surface area contributed by atoms with Crippen LogP contribution < -0.4 is 5.56 Å². The van der Waals surface area contributed by atoms with E-state index in [1.165, 1.54) is 24.1 Å². The van der Waals surface area contributed by atoms with E-state index in [1.54, 1.807) is 0 Å². The van der Waals surface area contributed by atoms with Crippen LogP contribution in [-0.2, 0) is 4.74 Å². The quantitative estimate of drug-likeness (QED) is 0.506. The first-order chi connectivity index (χ1) is 9.50. The van der Waals surface area contributed by atoms with Gasteiger partial charge in [-0.3, -0.25) is 9.36 Å². The van der Waals surface area contributed by atoms with E-state index in [9.17, 15) is 20.1 Å². The first-order valence-electron chi connectivity index (χ1n) is 6.10. The minimum atomic E-state index is -1.29. The van der Waals surface area contributed by atoms with Crippen molar-refractivity contribution in [3.8, 4) is 0 Å². The number of aromatic nitrogens is 4. The van der Waals surface area contributed by atoms with Crippen molar-refractivity contribution in [2.45, 2.75) is 37.6 Å². The van der Waals surface area contributed by atoms with Gasteiger partial charge in [0.25, 0.3) is 5.56 Å². The Labute approximate surface area is 112 Å². The van der Waals surface area contributed by atoms with Gasteiger partial charge in [0.2, 0.25) is 0 Å². The van der Waals surface area contributed by atoms with Crippen LogP contribution in [0.15, 0.2) is 17.4 Å². The highest BCUT2D eigenvalue weighted by molar-refractivity contribution is 5.69. The molecule has 4 N–H and O–H groups in total. The van der Waals surface area contributed by atoms with Crippen molar-refractivity contribution in [1.82, 2.24) is 19.5 Å². The number of hydrogen-bond donors (Lipinski definition) is 4. The molecule has 2 aromatic rings. The van der Waals surface area contributed by atoms with Crippen LogP contribution in [0, 0.1) is 0 Å². The van der Waals surface area contributed by atoms with Gasteiger partial charge in [-0.15, -0.1) is 0 Å². The molecule has 0 unspecified atom stereocenters. The van der Waals surface area contributed by atoms with Gasteiger partial charge in [-0.25, -0.2) is 9.97 Å². The van der Waals surface area contributed by atoms with E-state index in [2.05, 4.69) is 15.0 Å². The molecule has 0 radical (unpaired) electrons. The summed E-state index contributed by atoms with van der Waals surface area (Å²) < 4.78 is 6.75. The Morgan fingerprint density at radius 2 is 2.15 bits per heavy atom. The van der Waals surface area contributed by atoms with Gasteiger partial charge in [0.1, 0.15) is 24.6 Å². The Hall–Kier alpha value is -1.81. The number of ether oxygens (including phenoxy) is 1. The largest absolute Gasteiger partial charge is 0.391 e. The van der Waals surface area contributed by atoms with Gasteiger partial charge in [0.05, 0.1) is 12.4 Å². The molecule has 9 heteroatoms. The topological polar surface area (TPSA) is 133 Å². The molecule has 1 aliphatic heterocycles. The molecule has 9 nitrogen and oxygen atoms in total. The van der Waals surface area contributed by atoms with Gasteiger partial charge in [-0.1, -0.05) is 0 Å². The number of nitrogens with zero attached hydrogens (tertiary/aromatic N) is 3. The molecular formula is C11H14N4O5. The van der Waals surface area contributed by atoms with Crippen LogP contribution in [0.25, 0.3) is 11.2 Å². The average molecular weight is 282 g/mol. The van der Waals surface area contributed by atoms with Gasteiger partial charge in [0, 0.05) is 0 Å². The third-order valence-electron chi connectivity index (χ3n) is 3.40. The van der Waals surface area contributed by atoms with E-state index < -0.39 is 36.2 Å². The number of fused-ring (bicyclic) bond motifs is 1. The molecule has 0 spiro atoms. The molecule has 1 saturated heterocycles. The third-order valence-corrected chi connectivity index (χ3v) is 3.40. The lowest BCUT2D eigenvalue weighted by Gasteiger charge is -2.17. The predicted octanol–water partition coefficient (Wildman–Crippen LogP) is -1.88. The Balaban J connectivity index is 2.06. The standard InChI is InChI=1S/C11H14N4O5/c1-4(16)8-6(17)7(18)11(20-8)15-3-14-9-5(15)10(19)13-2-12-9/h2-4,6-8,11,16-18H,1H3,(H,12,13,19)/t4-,6+,7-,8-,11-/m1/s1. The molecule has 3 rings (SSSR count). The number of hydrogen-bond acceptors (Lipinski definition) is 7. The van der Waals surface area contributed by atoms with Gasteiger partial charge < -0.3 is 25.0 Å². The number of imidazole rings is 1. The molecule has 3 heterocycles. The number of nitrogens with one attached hydrogen (secondary N) is 1. The molecule has 0 aliphatic carbocycles. The molecule has 1 aliphatic rings. The minimum absolute atomic E-state index is 0.134. The highest BCUT2D eigenvalue weighted by Gasteiger charge is 2.46. The molecule has 5 atom stereocenters. The normalized spacial score (nSPS) is 31.8. The number of aromatic amines is 1. The van der Waals surface area contributed by atoms with Gasteiger partial charge in [-0.05, 0) is 6.92 Å². The Morgan fingerprint density at radius 3 is 2.80 bits per heavy atom. The van der Waals surface area contributed by atoms with Crippen LogP contribution in [0.3, 0.4) is 0 Å². The molecule has 0 saturated carbocycles. The number of H-pyrrole nitrogens is 1. The highest BCUT2D eigenvalue weighted by atomic mass is 16.6. The summed E-state index contributed by atoms with van der Waals surface area (Å²) in [4.78, 5) is 22.1. The molecule has 1 fully saturated rings. The maximum Gasteiger partial charge on any atom is 0.277 e. The number of rotatable bonds is 2. The van der Waals surface area contributed by atoms with Crippen molar-refractivity contribution in [3.63, 3.8) is 0 Å². The predicted molar refractivity (Wildman–Crippen MR) is 65.8 cm³/mol. The van der Waals surface area contributed by atoms with E-state index >= 15 is 0 Å². The maximum absolute atomic E-state index is 11.8. The highest BCUT2D eigenvalue weighted by Crippen LogP contribution is 2.32. The average Bonchev–Trinajstić information content (AvgIpc) is 2.94. The monoisotopic (exact) mass is 282 g/mol. The summed E-state index contributed by atoms with van der Waals surface area (Å²) in [6.45, 7) is 1.45. The first-order valence-corrected chi connectivity index (χ1v) is 6.10. The van der Waals surface area contributed by atoms with E-state index in [1.807, 2.05) is 0 Å². The summed E-state index contributed by atoms with van der Waals surface area (Å²) in [5.41, 5.74) is -0.0900. The van der Waals surface area contributed by atoms with Crippen LogP contribution in [0.4, 0.5) is 0 Å². The maximum atomic E-state index is 11.8. The molecule has 0 bridgehead atoms. The Bertz CT molecular complexity index is 681. The molecule has 2 aromatic heterocycles. The SMILES string of the molecule is C[C@@H](O)[C@H]1O[C@@H](n2cnc3nc[nH]c(=O)c32)[C@H](O)[C@@H]1O. The zero-order valence-electron chi connectivity index (χ0n) is 10.5. The molecule has 0 aromatic carbocycles. The van der Waals surface area contributed by atoms with Crippen LogP contribution in [0.2, 0.25) is 0 Å². The van der Waals surface area contributed by atoms with Crippen molar-refractivity contribution in [1.29, 1.82) is 0 Å². The third kappa shape index (κ3) is 1.83. The van der Waals surface area contributed by atoms with Crippen LogP contribution >= 0.6 is 0 Å². The van der Waals surface area contributed by atoms with E-state index in [-0.39, 0.29) is 11.2 Å². The summed E-state index contributed by atoms with van der Waals surface area (Å²) >= 11 is 0. The fourth-order valence-corrected chi connectivity index (χ4v) is 2.39. The lowest BCUT2D eigenvalue weighted by atomic mass is 10.1. The van der Waals surface area contributed by atoms with Crippen molar-refractivity contribution >= 4 is 11.2 Å². The smallest absolute Gasteiger partial charge is 0.277 e. The minimum Gasteiger partial charge on any atom is -0.391 e. The fourth-order valence-electron chi connectivity index (χ4n) is 2.39. The second-order valence-corrected chi connectivity index (χ2v) is 4.77. The van der Waals surface area contributed by atoms with E-state index in [0.717, 1.165) is 0 Å². The zero-order chi connectivity index (χ0) is 14.4. The molecule has 20 heavy (non-hydrogen) atoms. The summed E-state index contributed by atoms with van der Waals surface area (Å²) in [7, 11) is 0. The van der Waals surface area contributed by atoms with E-state index in [0.29, 0.717) is 0 Å². The number of aliphatic hydroxyl groups excluding tert-OH is 3. The Morgan fingerprint density at radius 1 is 1.40 bits per heavy atom. The van der Waals surface area contributed by atoms with Crippen molar-refractivity contribution < 1.29 is 20.1 Å². The summed E-state index contributed by atoms with van der Waals surface area (Å²) in [6, 6.07) is 0. The Kier molecular flexibility index (Phi) is 3.05. The second kappa shape index (κ2) is 4.63. The van der Waals surface area contributed by atoms with Gasteiger partial charge in [0.15, 0.2) is 17.4 Å². The van der Waals surface area contributed by atoms with E-state index in [4.69, 9.17) is 4.74 Å². The fraction of sp³-hybridized carbons (Fsp3) is 0.545. The van der Waals surface area contributed by atoms with Crippen molar-refractivity contribution in [2.24, 2.45) is 0 Å². The van der Waals surface area contributed by atoms with Crippen molar-refractivity contribution in [3.05, 3.63) is 23.0 Å². The van der Waals surface area contributed by atoms with Gasteiger partial charge >= 0.3 is 0 Å². The molecule has 0 amide bonds. The van der Waals surface area contributed by atoms with Crippen LogP contribution in [0.1, 0.15) is 13.2 Å². The van der Waals surface area contributed by atoms with Crippen LogP contribution in [-0.4, -0.2) is 59.3 Å². The lowest BCUT2D eigenvalue weighted by Crippen LogP contribution is -2.37. The van der Waals surface area contributed by atoms with Crippen LogP contribution in [0.5, 0.6) is 0 Å². The summed E-state index contributed by atoms with van der Waals surface area (Å²) in [6.07, 6.45) is -2.93. The molecule has 108 valence electrons.